The van der Waals surface area contributed by atoms with Crippen LogP contribution >= 0.6 is 0 Å². The summed E-state index contributed by atoms with van der Waals surface area (Å²) in [4.78, 5) is 11.1. The lowest BCUT2D eigenvalue weighted by molar-refractivity contribution is -0.175. The van der Waals surface area contributed by atoms with Gasteiger partial charge >= 0.3 is 6.18 Å². The lowest BCUT2D eigenvalue weighted by Gasteiger charge is -2.17. The molecule has 0 spiro atoms. The molecule has 0 amide bonds. The maximum Gasteiger partial charge on any atom is 0.411 e. The molecule has 0 rings (SSSR count). The highest BCUT2D eigenvalue weighted by atomic mass is 19.4. The number of ether oxygens (including phenoxy) is 1. The number of hydrogen-bond acceptors (Lipinski definition) is 2. The Bertz CT molecular complexity index is 204. The molecule has 0 aliphatic heterocycles. The summed E-state index contributed by atoms with van der Waals surface area (Å²) in [5, 5.41) is 0. The maximum atomic E-state index is 11.6. The molecule has 90 valence electrons. The van der Waals surface area contributed by atoms with Crippen molar-refractivity contribution in [3.05, 3.63) is 0 Å². The number of halogens is 3. The highest BCUT2D eigenvalue weighted by molar-refractivity contribution is 5.79. The molecule has 0 aromatic heterocycles. The van der Waals surface area contributed by atoms with Crippen molar-refractivity contribution >= 4 is 5.78 Å². The minimum atomic E-state index is -4.36. The van der Waals surface area contributed by atoms with Crippen molar-refractivity contribution in [1.82, 2.24) is 0 Å². The van der Waals surface area contributed by atoms with Crippen LogP contribution in [0.3, 0.4) is 0 Å². The van der Waals surface area contributed by atoms with Gasteiger partial charge in [-0.3, -0.25) is 4.79 Å². The zero-order chi connectivity index (χ0) is 12.1. The zero-order valence-corrected chi connectivity index (χ0v) is 9.28. The van der Waals surface area contributed by atoms with Crippen molar-refractivity contribution in [2.75, 3.05) is 13.2 Å². The Balaban J connectivity index is 3.60. The second-order valence-electron chi connectivity index (χ2n) is 4.71. The molecule has 0 saturated heterocycles. The third kappa shape index (κ3) is 11.3. The third-order valence-electron chi connectivity index (χ3n) is 1.68. The van der Waals surface area contributed by atoms with E-state index in [0.29, 0.717) is 6.42 Å². The SMILES string of the molecule is CC(C)(C)CCC(=O)COCC(F)(F)F. The molecule has 0 aliphatic rings. The van der Waals surface area contributed by atoms with Crippen LogP contribution < -0.4 is 0 Å². The number of carbonyl (C=O) groups excluding carboxylic acids is 1. The average Bonchev–Trinajstić information content (AvgIpc) is 1.97. The van der Waals surface area contributed by atoms with Gasteiger partial charge in [-0.15, -0.1) is 0 Å². The van der Waals surface area contributed by atoms with E-state index in [9.17, 15) is 18.0 Å². The molecule has 0 radical (unpaired) electrons. The summed E-state index contributed by atoms with van der Waals surface area (Å²) in [5.74, 6) is -0.283. The van der Waals surface area contributed by atoms with Crippen LogP contribution in [0.5, 0.6) is 0 Å². The average molecular weight is 226 g/mol. The van der Waals surface area contributed by atoms with Gasteiger partial charge in [-0.2, -0.15) is 13.2 Å². The van der Waals surface area contributed by atoms with E-state index in [1.165, 1.54) is 0 Å². The molecular weight excluding hydrogens is 209 g/mol. The van der Waals surface area contributed by atoms with Crippen molar-refractivity contribution in [3.8, 4) is 0 Å². The molecule has 0 heterocycles. The number of hydrogen-bond donors (Lipinski definition) is 0. The molecule has 0 atom stereocenters. The summed E-state index contributed by atoms with van der Waals surface area (Å²) in [7, 11) is 0. The minimum Gasteiger partial charge on any atom is -0.364 e. The van der Waals surface area contributed by atoms with Gasteiger partial charge in [-0.1, -0.05) is 20.8 Å². The largest absolute Gasteiger partial charge is 0.411 e. The standard InChI is InChI=1S/C10H17F3O2/c1-9(2,3)5-4-8(14)6-15-7-10(11,12)13/h4-7H2,1-3H3. The Morgan fingerprint density at radius 3 is 2.13 bits per heavy atom. The monoisotopic (exact) mass is 226 g/mol. The molecular formula is C10H17F3O2. The quantitative estimate of drug-likeness (QED) is 0.720. The Labute approximate surface area is 87.8 Å². The van der Waals surface area contributed by atoms with E-state index < -0.39 is 19.4 Å². The van der Waals surface area contributed by atoms with Crippen LogP contribution in [-0.2, 0) is 9.53 Å². The molecule has 0 bridgehead atoms. The first-order chi connectivity index (χ1) is 6.60. The summed E-state index contributed by atoms with van der Waals surface area (Å²) in [6.07, 6.45) is -3.44. The van der Waals surface area contributed by atoms with E-state index in [0.717, 1.165) is 0 Å². The van der Waals surface area contributed by atoms with E-state index in [1.807, 2.05) is 20.8 Å². The first-order valence-electron chi connectivity index (χ1n) is 4.76. The number of carbonyl (C=O) groups is 1. The van der Waals surface area contributed by atoms with Crippen LogP contribution in [0, 0.1) is 5.41 Å². The molecule has 0 aromatic rings. The fraction of sp³-hybridized carbons (Fsp3) is 0.900. The van der Waals surface area contributed by atoms with Crippen molar-refractivity contribution in [1.29, 1.82) is 0 Å². The Kier molecular flexibility index (Phi) is 5.28. The highest BCUT2D eigenvalue weighted by Crippen LogP contribution is 2.20. The number of ketones is 1. The molecule has 0 aliphatic carbocycles. The number of rotatable bonds is 5. The highest BCUT2D eigenvalue weighted by Gasteiger charge is 2.27. The first-order valence-corrected chi connectivity index (χ1v) is 4.76. The molecule has 0 N–H and O–H groups in total. The lowest BCUT2D eigenvalue weighted by Crippen LogP contribution is -2.21. The van der Waals surface area contributed by atoms with Gasteiger partial charge in [0.1, 0.15) is 13.2 Å². The number of Topliss-reactive ketones (excluding diaryl/α,β-unsaturated/α-hetero) is 1. The number of alkyl halides is 3. The van der Waals surface area contributed by atoms with E-state index in [2.05, 4.69) is 4.74 Å². The molecule has 0 aromatic carbocycles. The summed E-state index contributed by atoms with van der Waals surface area (Å²) in [6, 6.07) is 0. The normalized spacial score (nSPS) is 12.9. The molecule has 5 heteroatoms. The van der Waals surface area contributed by atoms with Crippen molar-refractivity contribution < 1.29 is 22.7 Å². The Morgan fingerprint density at radius 2 is 1.73 bits per heavy atom. The third-order valence-corrected chi connectivity index (χ3v) is 1.68. The van der Waals surface area contributed by atoms with Gasteiger partial charge in [0.05, 0.1) is 0 Å². The molecule has 15 heavy (non-hydrogen) atoms. The van der Waals surface area contributed by atoms with Crippen LogP contribution in [0.25, 0.3) is 0 Å². The van der Waals surface area contributed by atoms with Gasteiger partial charge in [0.15, 0.2) is 5.78 Å². The van der Waals surface area contributed by atoms with E-state index in [-0.39, 0.29) is 17.6 Å². The van der Waals surface area contributed by atoms with Crippen molar-refractivity contribution in [2.45, 2.75) is 39.8 Å². The minimum absolute atomic E-state index is 0.0136. The topological polar surface area (TPSA) is 26.3 Å². The molecule has 0 fully saturated rings. The van der Waals surface area contributed by atoms with Crippen LogP contribution in [-0.4, -0.2) is 25.2 Å². The molecule has 2 nitrogen and oxygen atoms in total. The zero-order valence-electron chi connectivity index (χ0n) is 9.28. The van der Waals surface area contributed by atoms with E-state index in [4.69, 9.17) is 0 Å². The lowest BCUT2D eigenvalue weighted by atomic mass is 9.90. The van der Waals surface area contributed by atoms with Crippen LogP contribution in [0.15, 0.2) is 0 Å². The van der Waals surface area contributed by atoms with Crippen molar-refractivity contribution in [2.24, 2.45) is 5.41 Å². The smallest absolute Gasteiger partial charge is 0.364 e. The summed E-state index contributed by atoms with van der Waals surface area (Å²) >= 11 is 0. The van der Waals surface area contributed by atoms with Crippen molar-refractivity contribution in [3.63, 3.8) is 0 Å². The predicted octanol–water partition coefficient (Wildman–Crippen LogP) is 2.96. The van der Waals surface area contributed by atoms with Gasteiger partial charge in [0.25, 0.3) is 0 Å². The fourth-order valence-electron chi connectivity index (χ4n) is 0.867. The second-order valence-corrected chi connectivity index (χ2v) is 4.71. The van der Waals surface area contributed by atoms with Crippen LogP contribution in [0.4, 0.5) is 13.2 Å². The van der Waals surface area contributed by atoms with Gasteiger partial charge in [0, 0.05) is 6.42 Å². The Hall–Kier alpha value is -0.580. The maximum absolute atomic E-state index is 11.6. The summed E-state index contributed by atoms with van der Waals surface area (Å²) < 4.78 is 39.2. The molecule has 0 unspecified atom stereocenters. The van der Waals surface area contributed by atoms with Crippen LogP contribution in [0.2, 0.25) is 0 Å². The van der Waals surface area contributed by atoms with Gasteiger partial charge < -0.3 is 4.74 Å². The fourth-order valence-corrected chi connectivity index (χ4v) is 0.867. The van der Waals surface area contributed by atoms with E-state index >= 15 is 0 Å². The van der Waals surface area contributed by atoms with Gasteiger partial charge in [0.2, 0.25) is 0 Å². The predicted molar refractivity (Wildman–Crippen MR) is 50.6 cm³/mol. The summed E-state index contributed by atoms with van der Waals surface area (Å²) in [6.45, 7) is 4.11. The molecule has 0 saturated carbocycles. The second kappa shape index (κ2) is 5.49. The van der Waals surface area contributed by atoms with Crippen LogP contribution in [0.1, 0.15) is 33.6 Å². The summed E-state index contributed by atoms with van der Waals surface area (Å²) in [5.41, 5.74) is 0.0136. The Morgan fingerprint density at radius 1 is 1.20 bits per heavy atom. The first kappa shape index (κ1) is 14.4. The van der Waals surface area contributed by atoms with Gasteiger partial charge in [-0.25, -0.2) is 0 Å². The van der Waals surface area contributed by atoms with Gasteiger partial charge in [-0.05, 0) is 11.8 Å². The van der Waals surface area contributed by atoms with E-state index in [1.54, 1.807) is 0 Å².